The van der Waals surface area contributed by atoms with Crippen LogP contribution in [0.15, 0.2) is 46.4 Å². The quantitative estimate of drug-likeness (QED) is 0.374. The van der Waals surface area contributed by atoms with Gasteiger partial charge in [0.1, 0.15) is 5.57 Å². The minimum absolute atomic E-state index is 0.0253. The van der Waals surface area contributed by atoms with Crippen LogP contribution in [-0.4, -0.2) is 30.6 Å². The SMILES string of the molecule is CCOc1cc(C=C2C(=O)NC(=S)N(c3ccc(CC)cc3)C2=O)cc(Br)c1OC. The van der Waals surface area contributed by atoms with E-state index in [-0.39, 0.29) is 10.7 Å². The summed E-state index contributed by atoms with van der Waals surface area (Å²) in [5.41, 5.74) is 2.32. The molecule has 6 nitrogen and oxygen atoms in total. The van der Waals surface area contributed by atoms with E-state index in [0.29, 0.717) is 33.8 Å². The number of ether oxygens (including phenoxy) is 2. The molecule has 1 heterocycles. The number of hydrogen-bond donors (Lipinski definition) is 1. The number of methoxy groups -OCH3 is 1. The second kappa shape index (κ2) is 9.40. The molecule has 0 radical (unpaired) electrons. The average Bonchev–Trinajstić information content (AvgIpc) is 2.71. The maximum atomic E-state index is 13.2. The van der Waals surface area contributed by atoms with Crippen LogP contribution >= 0.6 is 28.1 Å². The highest BCUT2D eigenvalue weighted by atomic mass is 79.9. The van der Waals surface area contributed by atoms with Crippen molar-refractivity contribution in [3.05, 3.63) is 57.6 Å². The summed E-state index contributed by atoms with van der Waals surface area (Å²) in [5, 5.41) is 2.65. The number of amides is 2. The van der Waals surface area contributed by atoms with Gasteiger partial charge in [0.2, 0.25) is 0 Å². The monoisotopic (exact) mass is 488 g/mol. The number of rotatable bonds is 6. The van der Waals surface area contributed by atoms with Gasteiger partial charge < -0.3 is 9.47 Å². The molecule has 0 saturated carbocycles. The lowest BCUT2D eigenvalue weighted by Crippen LogP contribution is -2.54. The van der Waals surface area contributed by atoms with Gasteiger partial charge in [-0.2, -0.15) is 0 Å². The summed E-state index contributed by atoms with van der Waals surface area (Å²) in [4.78, 5) is 27.0. The largest absolute Gasteiger partial charge is 0.492 e. The summed E-state index contributed by atoms with van der Waals surface area (Å²) in [7, 11) is 1.54. The highest BCUT2D eigenvalue weighted by Gasteiger charge is 2.34. The molecule has 156 valence electrons. The highest BCUT2D eigenvalue weighted by molar-refractivity contribution is 9.10. The maximum absolute atomic E-state index is 13.2. The van der Waals surface area contributed by atoms with Gasteiger partial charge in [-0.3, -0.25) is 19.8 Å². The van der Waals surface area contributed by atoms with Gasteiger partial charge in [0, 0.05) is 0 Å². The minimum Gasteiger partial charge on any atom is -0.492 e. The third kappa shape index (κ3) is 4.39. The molecule has 0 bridgehead atoms. The second-order valence-electron chi connectivity index (χ2n) is 6.44. The molecular formula is C22H21BrN2O4S. The highest BCUT2D eigenvalue weighted by Crippen LogP contribution is 2.37. The van der Waals surface area contributed by atoms with Crippen LogP contribution in [0.4, 0.5) is 5.69 Å². The molecule has 2 aromatic carbocycles. The summed E-state index contributed by atoms with van der Waals surface area (Å²) >= 11 is 8.70. The van der Waals surface area contributed by atoms with Gasteiger partial charge in [-0.05, 0) is 83.0 Å². The van der Waals surface area contributed by atoms with Crippen LogP contribution in [0.5, 0.6) is 11.5 Å². The molecule has 0 unspecified atom stereocenters. The molecule has 1 fully saturated rings. The second-order valence-corrected chi connectivity index (χ2v) is 7.69. The van der Waals surface area contributed by atoms with E-state index < -0.39 is 11.8 Å². The number of nitrogens with zero attached hydrogens (tertiary/aromatic N) is 1. The van der Waals surface area contributed by atoms with Gasteiger partial charge in [-0.1, -0.05) is 19.1 Å². The number of nitrogens with one attached hydrogen (secondary N) is 1. The Morgan fingerprint density at radius 3 is 2.47 bits per heavy atom. The predicted molar refractivity (Wildman–Crippen MR) is 124 cm³/mol. The Bertz CT molecular complexity index is 1030. The van der Waals surface area contributed by atoms with Gasteiger partial charge in [0.15, 0.2) is 16.6 Å². The number of benzene rings is 2. The molecule has 1 aliphatic rings. The van der Waals surface area contributed by atoms with Crippen molar-refractivity contribution in [3.8, 4) is 11.5 Å². The zero-order valence-corrected chi connectivity index (χ0v) is 19.2. The van der Waals surface area contributed by atoms with E-state index in [9.17, 15) is 9.59 Å². The maximum Gasteiger partial charge on any atom is 0.270 e. The lowest BCUT2D eigenvalue weighted by atomic mass is 10.1. The molecule has 8 heteroatoms. The summed E-state index contributed by atoms with van der Waals surface area (Å²) < 4.78 is 11.6. The topological polar surface area (TPSA) is 67.9 Å². The van der Waals surface area contributed by atoms with E-state index in [2.05, 4.69) is 28.2 Å². The number of thiocarbonyl (C=S) groups is 1. The van der Waals surface area contributed by atoms with Gasteiger partial charge in [0.25, 0.3) is 11.8 Å². The minimum atomic E-state index is -0.545. The molecular weight excluding hydrogens is 468 g/mol. The lowest BCUT2D eigenvalue weighted by molar-refractivity contribution is -0.122. The van der Waals surface area contributed by atoms with Crippen molar-refractivity contribution >= 4 is 56.8 Å². The van der Waals surface area contributed by atoms with Crippen molar-refractivity contribution in [3.63, 3.8) is 0 Å². The molecule has 0 aliphatic carbocycles. The third-order valence-corrected chi connectivity index (χ3v) is 5.42. The first-order valence-corrected chi connectivity index (χ1v) is 10.6. The Balaban J connectivity index is 2.02. The summed E-state index contributed by atoms with van der Waals surface area (Å²) in [6, 6.07) is 11.0. The van der Waals surface area contributed by atoms with Crippen molar-refractivity contribution in [2.24, 2.45) is 0 Å². The summed E-state index contributed by atoms with van der Waals surface area (Å²) in [6.07, 6.45) is 2.40. The van der Waals surface area contributed by atoms with Crippen LogP contribution in [0.3, 0.4) is 0 Å². The van der Waals surface area contributed by atoms with Crippen molar-refractivity contribution < 1.29 is 19.1 Å². The van der Waals surface area contributed by atoms with Crippen LogP contribution in [0.1, 0.15) is 25.0 Å². The lowest BCUT2D eigenvalue weighted by Gasteiger charge is -2.29. The molecule has 1 aliphatic heterocycles. The van der Waals surface area contributed by atoms with E-state index in [0.717, 1.165) is 12.0 Å². The van der Waals surface area contributed by atoms with Gasteiger partial charge in [0.05, 0.1) is 23.9 Å². The van der Waals surface area contributed by atoms with Crippen molar-refractivity contribution in [2.75, 3.05) is 18.6 Å². The van der Waals surface area contributed by atoms with E-state index in [1.165, 1.54) is 11.0 Å². The zero-order valence-electron chi connectivity index (χ0n) is 16.8. The standard InChI is InChI=1S/C22H21BrN2O4S/c1-4-13-6-8-15(9-7-13)25-21(27)16(20(26)24-22(25)30)10-14-11-17(23)19(28-3)18(12-14)29-5-2/h6-12H,4-5H2,1-3H3,(H,24,26,30). The van der Waals surface area contributed by atoms with Crippen LogP contribution < -0.4 is 19.7 Å². The first-order valence-electron chi connectivity index (χ1n) is 9.40. The van der Waals surface area contributed by atoms with Crippen LogP contribution in [-0.2, 0) is 16.0 Å². The Morgan fingerprint density at radius 1 is 1.17 bits per heavy atom. The third-order valence-electron chi connectivity index (χ3n) is 4.55. The first-order chi connectivity index (χ1) is 14.4. The normalized spacial score (nSPS) is 15.4. The molecule has 1 N–H and O–H groups in total. The Morgan fingerprint density at radius 2 is 1.87 bits per heavy atom. The van der Waals surface area contributed by atoms with Crippen molar-refractivity contribution in [1.82, 2.24) is 5.32 Å². The molecule has 0 atom stereocenters. The smallest absolute Gasteiger partial charge is 0.270 e. The predicted octanol–water partition coefficient (Wildman–Crippen LogP) is 4.25. The fraction of sp³-hybridized carbons (Fsp3) is 0.227. The van der Waals surface area contributed by atoms with Crippen LogP contribution in [0.2, 0.25) is 0 Å². The Hall–Kier alpha value is -2.71. The number of hydrogen-bond acceptors (Lipinski definition) is 5. The van der Waals surface area contributed by atoms with Gasteiger partial charge in [-0.15, -0.1) is 0 Å². The average molecular weight is 489 g/mol. The van der Waals surface area contributed by atoms with E-state index >= 15 is 0 Å². The molecule has 2 amide bonds. The van der Waals surface area contributed by atoms with E-state index in [1.54, 1.807) is 19.2 Å². The molecule has 0 spiro atoms. The van der Waals surface area contributed by atoms with Gasteiger partial charge in [-0.25, -0.2) is 0 Å². The summed E-state index contributed by atoms with van der Waals surface area (Å²) in [5.74, 6) is 0.0129. The zero-order chi connectivity index (χ0) is 21.8. The fourth-order valence-electron chi connectivity index (χ4n) is 3.07. The van der Waals surface area contributed by atoms with Crippen molar-refractivity contribution in [2.45, 2.75) is 20.3 Å². The number of halogens is 1. The molecule has 2 aromatic rings. The number of aryl methyl sites for hydroxylation is 1. The summed E-state index contributed by atoms with van der Waals surface area (Å²) in [6.45, 7) is 4.35. The molecule has 3 rings (SSSR count). The number of anilines is 1. The number of carbonyl (C=O) groups excluding carboxylic acids is 2. The molecule has 1 saturated heterocycles. The van der Waals surface area contributed by atoms with E-state index in [1.807, 2.05) is 31.2 Å². The fourth-order valence-corrected chi connectivity index (χ4v) is 3.97. The Kier molecular flexibility index (Phi) is 6.89. The van der Waals surface area contributed by atoms with Crippen LogP contribution in [0.25, 0.3) is 6.08 Å². The van der Waals surface area contributed by atoms with Crippen LogP contribution in [0, 0.1) is 0 Å². The Labute approximate surface area is 189 Å². The van der Waals surface area contributed by atoms with Crippen molar-refractivity contribution in [1.29, 1.82) is 0 Å². The first kappa shape index (κ1) is 22.0. The van der Waals surface area contributed by atoms with E-state index in [4.69, 9.17) is 21.7 Å². The molecule has 30 heavy (non-hydrogen) atoms. The van der Waals surface area contributed by atoms with Gasteiger partial charge >= 0.3 is 0 Å². The number of carbonyl (C=O) groups is 2. The molecule has 0 aromatic heterocycles.